The number of halogens is 2. The average molecular weight is 502 g/mol. The van der Waals surface area contributed by atoms with Crippen LogP contribution in [0.4, 0.5) is 11.4 Å². The lowest BCUT2D eigenvalue weighted by Crippen LogP contribution is -2.39. The third-order valence-corrected chi connectivity index (χ3v) is 6.22. The van der Waals surface area contributed by atoms with Crippen LogP contribution in [-0.2, 0) is 14.8 Å². The number of carbonyl (C=O) groups is 1. The van der Waals surface area contributed by atoms with Crippen LogP contribution < -0.4 is 14.6 Å². The quantitative estimate of drug-likeness (QED) is 0.466. The molecule has 0 spiro atoms. The summed E-state index contributed by atoms with van der Waals surface area (Å²) >= 11 is 9.57. The van der Waals surface area contributed by atoms with Crippen molar-refractivity contribution in [2.75, 3.05) is 36.1 Å². The van der Waals surface area contributed by atoms with Crippen LogP contribution >= 0.6 is 27.5 Å². The molecular weight excluding hydrogens is 480 g/mol. The van der Waals surface area contributed by atoms with Crippen molar-refractivity contribution < 1.29 is 13.2 Å². The van der Waals surface area contributed by atoms with Gasteiger partial charge in [0.25, 0.3) is 5.91 Å². The summed E-state index contributed by atoms with van der Waals surface area (Å²) < 4.78 is 26.3. The van der Waals surface area contributed by atoms with Crippen molar-refractivity contribution in [3.63, 3.8) is 0 Å². The highest BCUT2D eigenvalue weighted by Crippen LogP contribution is 2.28. The summed E-state index contributed by atoms with van der Waals surface area (Å²) in [5.41, 5.74) is 5.06. The molecule has 0 aliphatic rings. The molecule has 0 saturated heterocycles. The Bertz CT molecular complexity index is 1040. The third kappa shape index (κ3) is 6.19. The van der Waals surface area contributed by atoms with Gasteiger partial charge >= 0.3 is 0 Å². The standard InChI is InChI=1S/C19H22BrClN4O3S/c1-13-16(21)6-5-7-17(13)25(29(4,27)28)12-19(26)23-22-11-14-8-9-18(24(2)3)15(20)10-14/h5-11H,12H2,1-4H3,(H,23,26)/b22-11-. The lowest BCUT2D eigenvalue weighted by Gasteiger charge is -2.23. The highest BCUT2D eigenvalue weighted by Gasteiger charge is 2.22. The molecule has 0 unspecified atom stereocenters. The van der Waals surface area contributed by atoms with Crippen LogP contribution in [0.15, 0.2) is 46.0 Å². The zero-order chi connectivity index (χ0) is 21.8. The fourth-order valence-electron chi connectivity index (χ4n) is 2.56. The zero-order valence-corrected chi connectivity index (χ0v) is 19.6. The van der Waals surface area contributed by atoms with Gasteiger partial charge in [-0.25, -0.2) is 13.8 Å². The molecule has 156 valence electrons. The van der Waals surface area contributed by atoms with Crippen molar-refractivity contribution in [3.05, 3.63) is 57.0 Å². The maximum atomic E-state index is 12.3. The van der Waals surface area contributed by atoms with Gasteiger partial charge in [-0.15, -0.1) is 0 Å². The number of nitrogens with one attached hydrogen (secondary N) is 1. The molecule has 1 N–H and O–H groups in total. The Morgan fingerprint density at radius 2 is 1.93 bits per heavy atom. The van der Waals surface area contributed by atoms with E-state index in [4.69, 9.17) is 11.6 Å². The van der Waals surface area contributed by atoms with Gasteiger partial charge in [-0.2, -0.15) is 5.10 Å². The predicted octanol–water partition coefficient (Wildman–Crippen LogP) is 3.39. The number of hydrazone groups is 1. The van der Waals surface area contributed by atoms with Crippen LogP contribution in [0, 0.1) is 6.92 Å². The first-order valence-corrected chi connectivity index (χ1v) is 11.5. The van der Waals surface area contributed by atoms with E-state index in [1.165, 1.54) is 6.21 Å². The van der Waals surface area contributed by atoms with E-state index in [2.05, 4.69) is 26.5 Å². The van der Waals surface area contributed by atoms with Crippen molar-refractivity contribution in [2.24, 2.45) is 5.10 Å². The molecule has 0 bridgehead atoms. The number of carbonyl (C=O) groups excluding carboxylic acids is 1. The second kappa shape index (κ2) is 9.60. The van der Waals surface area contributed by atoms with E-state index in [0.717, 1.165) is 26.3 Å². The molecule has 29 heavy (non-hydrogen) atoms. The summed E-state index contributed by atoms with van der Waals surface area (Å²) in [7, 11) is 0.171. The first kappa shape index (κ1) is 23.2. The van der Waals surface area contributed by atoms with Crippen molar-refractivity contribution in [3.8, 4) is 0 Å². The van der Waals surface area contributed by atoms with Gasteiger partial charge in [-0.3, -0.25) is 9.10 Å². The Morgan fingerprint density at radius 3 is 2.52 bits per heavy atom. The Labute approximate surface area is 184 Å². The minimum Gasteiger partial charge on any atom is -0.377 e. The molecule has 10 heteroatoms. The Balaban J connectivity index is 2.12. The monoisotopic (exact) mass is 500 g/mol. The first-order chi connectivity index (χ1) is 13.5. The van der Waals surface area contributed by atoms with Gasteiger partial charge in [-0.05, 0) is 58.2 Å². The fourth-order valence-corrected chi connectivity index (χ4v) is 4.39. The van der Waals surface area contributed by atoms with E-state index in [1.54, 1.807) is 25.1 Å². The number of nitrogens with zero attached hydrogens (tertiary/aromatic N) is 3. The molecule has 2 aromatic rings. The van der Waals surface area contributed by atoms with Gasteiger partial charge in [0.05, 0.1) is 23.8 Å². The van der Waals surface area contributed by atoms with Crippen LogP contribution in [0.3, 0.4) is 0 Å². The molecule has 0 fully saturated rings. The maximum Gasteiger partial charge on any atom is 0.260 e. The molecule has 0 radical (unpaired) electrons. The third-order valence-electron chi connectivity index (χ3n) is 4.05. The number of amides is 1. The van der Waals surface area contributed by atoms with Gasteiger partial charge < -0.3 is 4.90 Å². The summed E-state index contributed by atoms with van der Waals surface area (Å²) in [6.45, 7) is 1.28. The minimum atomic E-state index is -3.70. The Morgan fingerprint density at radius 1 is 1.24 bits per heavy atom. The van der Waals surface area contributed by atoms with Crippen LogP contribution in [0.25, 0.3) is 0 Å². The molecule has 0 aliphatic heterocycles. The van der Waals surface area contributed by atoms with Crippen molar-refractivity contribution in [1.82, 2.24) is 5.43 Å². The van der Waals surface area contributed by atoms with Crippen LogP contribution in [0.1, 0.15) is 11.1 Å². The average Bonchev–Trinajstić information content (AvgIpc) is 2.61. The first-order valence-electron chi connectivity index (χ1n) is 8.52. The zero-order valence-electron chi connectivity index (χ0n) is 16.5. The molecule has 0 aromatic heterocycles. The van der Waals surface area contributed by atoms with Crippen LogP contribution in [0.2, 0.25) is 5.02 Å². The maximum absolute atomic E-state index is 12.3. The second-order valence-corrected chi connectivity index (χ2v) is 9.72. The summed E-state index contributed by atoms with van der Waals surface area (Å²) in [5, 5.41) is 4.34. The van der Waals surface area contributed by atoms with Gasteiger partial charge in [0.15, 0.2) is 0 Å². The number of hydrogen-bond acceptors (Lipinski definition) is 5. The van der Waals surface area contributed by atoms with Crippen molar-refractivity contribution in [2.45, 2.75) is 6.92 Å². The van der Waals surface area contributed by atoms with Gasteiger partial charge in [-0.1, -0.05) is 23.7 Å². The number of anilines is 2. The molecular formula is C19H22BrClN4O3S. The number of rotatable bonds is 7. The molecule has 0 atom stereocenters. The Kier molecular flexibility index (Phi) is 7.67. The molecule has 0 heterocycles. The highest BCUT2D eigenvalue weighted by atomic mass is 79.9. The van der Waals surface area contributed by atoms with Crippen molar-refractivity contribution >= 4 is 61.1 Å². The summed E-state index contributed by atoms with van der Waals surface area (Å²) in [6, 6.07) is 10.5. The van der Waals surface area contributed by atoms with Gasteiger partial charge in [0.2, 0.25) is 10.0 Å². The fraction of sp³-hybridized carbons (Fsp3) is 0.263. The highest BCUT2D eigenvalue weighted by molar-refractivity contribution is 9.10. The molecule has 1 amide bonds. The molecule has 0 aliphatic carbocycles. The molecule has 7 nitrogen and oxygen atoms in total. The minimum absolute atomic E-state index is 0.349. The van der Waals surface area contributed by atoms with Gasteiger partial charge in [0, 0.05) is 23.6 Å². The normalized spacial score (nSPS) is 11.5. The van der Waals surface area contributed by atoms with Crippen molar-refractivity contribution in [1.29, 1.82) is 0 Å². The van der Waals surface area contributed by atoms with E-state index in [1.807, 2.05) is 37.2 Å². The number of benzene rings is 2. The van der Waals surface area contributed by atoms with E-state index in [-0.39, 0.29) is 0 Å². The topological polar surface area (TPSA) is 82.1 Å². The van der Waals surface area contributed by atoms with E-state index in [9.17, 15) is 13.2 Å². The van der Waals surface area contributed by atoms with E-state index in [0.29, 0.717) is 16.3 Å². The Hall–Kier alpha value is -2.10. The molecule has 0 saturated carbocycles. The lowest BCUT2D eigenvalue weighted by atomic mass is 10.2. The number of hydrogen-bond donors (Lipinski definition) is 1. The largest absolute Gasteiger partial charge is 0.377 e. The smallest absolute Gasteiger partial charge is 0.260 e. The lowest BCUT2D eigenvalue weighted by molar-refractivity contribution is -0.119. The predicted molar refractivity (Wildman–Crippen MR) is 123 cm³/mol. The van der Waals surface area contributed by atoms with E-state index < -0.39 is 22.5 Å². The van der Waals surface area contributed by atoms with Crippen LogP contribution in [0.5, 0.6) is 0 Å². The molecule has 2 rings (SSSR count). The summed E-state index contributed by atoms with van der Waals surface area (Å²) in [4.78, 5) is 14.3. The SMILES string of the molecule is Cc1c(Cl)cccc1N(CC(=O)N/N=C\c1ccc(N(C)C)c(Br)c1)S(C)(=O)=O. The molecule has 2 aromatic carbocycles. The second-order valence-electron chi connectivity index (χ2n) is 6.55. The summed E-state index contributed by atoms with van der Waals surface area (Å²) in [6.07, 6.45) is 2.52. The number of sulfonamides is 1. The van der Waals surface area contributed by atoms with Crippen LogP contribution in [-0.4, -0.2) is 47.4 Å². The van der Waals surface area contributed by atoms with E-state index >= 15 is 0 Å². The summed E-state index contributed by atoms with van der Waals surface area (Å²) in [5.74, 6) is -0.574. The van der Waals surface area contributed by atoms with Gasteiger partial charge in [0.1, 0.15) is 6.54 Å².